The summed E-state index contributed by atoms with van der Waals surface area (Å²) in [4.78, 5) is 11.1. The average Bonchev–Trinajstić information content (AvgIpc) is 2.95. The number of methoxy groups -OCH3 is 2. The van der Waals surface area contributed by atoms with E-state index in [-0.39, 0.29) is 0 Å². The summed E-state index contributed by atoms with van der Waals surface area (Å²) in [5, 5.41) is 8.11. The second-order valence-electron chi connectivity index (χ2n) is 9.16. The Labute approximate surface area is 228 Å². The lowest BCUT2D eigenvalue weighted by atomic mass is 10.0. The van der Waals surface area contributed by atoms with Crippen molar-refractivity contribution in [2.75, 3.05) is 32.6 Å². The molecule has 0 atom stereocenters. The Bertz CT molecular complexity index is 1380. The van der Waals surface area contributed by atoms with Crippen LogP contribution in [0.5, 0.6) is 23.1 Å². The van der Waals surface area contributed by atoms with Crippen molar-refractivity contribution in [1.29, 1.82) is 0 Å². The second kappa shape index (κ2) is 12.1. The normalized spacial score (nSPS) is 14.2. The minimum absolute atomic E-state index is 0.367. The third-order valence-electron chi connectivity index (χ3n) is 6.60. The molecule has 0 unspecified atom stereocenters. The highest BCUT2D eigenvalue weighted by molar-refractivity contribution is 7.80. The topological polar surface area (TPSA) is 80.8 Å². The molecule has 9 heteroatoms. The van der Waals surface area contributed by atoms with Crippen LogP contribution in [0.25, 0.3) is 10.9 Å². The third-order valence-corrected chi connectivity index (χ3v) is 6.82. The number of benzene rings is 3. The number of anilines is 1. The lowest BCUT2D eigenvalue weighted by Crippen LogP contribution is -2.45. The molecule has 1 saturated heterocycles. The van der Waals surface area contributed by atoms with Gasteiger partial charge in [0.15, 0.2) is 16.6 Å². The van der Waals surface area contributed by atoms with Crippen LogP contribution in [0.3, 0.4) is 0 Å². The molecule has 3 aromatic carbocycles. The van der Waals surface area contributed by atoms with E-state index in [1.165, 1.54) is 11.9 Å². The molecule has 1 fully saturated rings. The van der Waals surface area contributed by atoms with Crippen molar-refractivity contribution >= 4 is 33.9 Å². The van der Waals surface area contributed by atoms with Gasteiger partial charge in [0, 0.05) is 37.4 Å². The number of likely N-dealkylation sites (tertiary alicyclic amines) is 1. The molecule has 4 aromatic rings. The number of nitrogens with one attached hydrogen (secondary N) is 2. The first-order valence-corrected chi connectivity index (χ1v) is 13.0. The molecule has 1 aliphatic heterocycles. The smallest absolute Gasteiger partial charge is 0.230 e. The number of ether oxygens (including phenoxy) is 3. The van der Waals surface area contributed by atoms with Crippen LogP contribution >= 0.6 is 12.2 Å². The Hall–Kier alpha value is -3.95. The molecule has 0 radical (unpaired) electrons. The molecule has 0 aliphatic carbocycles. The van der Waals surface area contributed by atoms with Gasteiger partial charge >= 0.3 is 0 Å². The van der Waals surface area contributed by atoms with Crippen molar-refractivity contribution in [3.05, 3.63) is 78.6 Å². The fourth-order valence-electron chi connectivity index (χ4n) is 4.59. The molecule has 1 aromatic heterocycles. The van der Waals surface area contributed by atoms with E-state index >= 15 is 0 Å². The van der Waals surface area contributed by atoms with Crippen molar-refractivity contribution in [2.45, 2.75) is 25.4 Å². The zero-order chi connectivity index (χ0) is 26.3. The standard InChI is InChI=1S/C29H31N5O3S/c1-35-26-16-24-25(17-27(26)36-2)30-19-31-28(24)37-23-10-8-21(9-11-23)32-29(38)33-22-12-14-34(15-13-22)18-20-6-4-3-5-7-20/h3-11,16-17,19,22H,12-15,18H2,1-2H3,(H2,32,33,38). The predicted octanol–water partition coefficient (Wildman–Crippen LogP) is 5.39. The molecule has 0 bridgehead atoms. The van der Waals surface area contributed by atoms with Gasteiger partial charge in [-0.15, -0.1) is 0 Å². The van der Waals surface area contributed by atoms with Crippen molar-refractivity contribution < 1.29 is 14.2 Å². The van der Waals surface area contributed by atoms with E-state index in [0.717, 1.165) is 43.5 Å². The van der Waals surface area contributed by atoms with Crippen LogP contribution < -0.4 is 24.8 Å². The lowest BCUT2D eigenvalue weighted by Gasteiger charge is -2.33. The summed E-state index contributed by atoms with van der Waals surface area (Å²) >= 11 is 5.58. The van der Waals surface area contributed by atoms with Crippen molar-refractivity contribution in [3.8, 4) is 23.1 Å². The number of fused-ring (bicyclic) bond motifs is 1. The largest absolute Gasteiger partial charge is 0.493 e. The molecule has 38 heavy (non-hydrogen) atoms. The molecule has 196 valence electrons. The molecule has 1 aliphatic rings. The second-order valence-corrected chi connectivity index (χ2v) is 9.57. The lowest BCUT2D eigenvalue weighted by molar-refractivity contribution is 0.199. The van der Waals surface area contributed by atoms with E-state index in [1.807, 2.05) is 30.3 Å². The molecule has 2 N–H and O–H groups in total. The number of rotatable bonds is 8. The number of piperidine rings is 1. The average molecular weight is 530 g/mol. The Balaban J connectivity index is 1.14. The third kappa shape index (κ3) is 6.30. The number of aromatic nitrogens is 2. The molecule has 0 amide bonds. The van der Waals surface area contributed by atoms with Gasteiger partial charge in [0.25, 0.3) is 0 Å². The maximum absolute atomic E-state index is 6.07. The Morgan fingerprint density at radius 3 is 2.37 bits per heavy atom. The van der Waals surface area contributed by atoms with E-state index < -0.39 is 0 Å². The highest BCUT2D eigenvalue weighted by Crippen LogP contribution is 2.35. The molecule has 5 rings (SSSR count). The van der Waals surface area contributed by atoms with E-state index in [9.17, 15) is 0 Å². The van der Waals surface area contributed by atoms with Gasteiger partial charge < -0.3 is 24.8 Å². The van der Waals surface area contributed by atoms with Gasteiger partial charge in [0.05, 0.1) is 25.1 Å². The van der Waals surface area contributed by atoms with Gasteiger partial charge in [-0.2, -0.15) is 0 Å². The first-order valence-electron chi connectivity index (χ1n) is 12.6. The highest BCUT2D eigenvalue weighted by atomic mass is 32.1. The Morgan fingerprint density at radius 1 is 0.947 bits per heavy atom. The predicted molar refractivity (Wildman–Crippen MR) is 153 cm³/mol. The van der Waals surface area contributed by atoms with E-state index in [0.29, 0.717) is 39.8 Å². The molecule has 0 saturated carbocycles. The summed E-state index contributed by atoms with van der Waals surface area (Å²) in [6.07, 6.45) is 3.59. The highest BCUT2D eigenvalue weighted by Gasteiger charge is 2.20. The summed E-state index contributed by atoms with van der Waals surface area (Å²) in [6, 6.07) is 22.2. The van der Waals surface area contributed by atoms with Gasteiger partial charge in [-0.25, -0.2) is 9.97 Å². The Kier molecular flexibility index (Phi) is 8.15. The van der Waals surface area contributed by atoms with E-state index in [4.69, 9.17) is 26.4 Å². The number of nitrogens with zero attached hydrogens (tertiary/aromatic N) is 3. The van der Waals surface area contributed by atoms with Gasteiger partial charge in [0.1, 0.15) is 12.1 Å². The fraction of sp³-hybridized carbons (Fsp3) is 0.276. The minimum Gasteiger partial charge on any atom is -0.493 e. The van der Waals surface area contributed by atoms with E-state index in [1.54, 1.807) is 20.3 Å². The molecular formula is C29H31N5O3S. The molecular weight excluding hydrogens is 498 g/mol. The van der Waals surface area contributed by atoms with Gasteiger partial charge in [-0.1, -0.05) is 30.3 Å². The zero-order valence-electron chi connectivity index (χ0n) is 21.5. The summed E-state index contributed by atoms with van der Waals surface area (Å²) in [5.41, 5.74) is 2.94. The van der Waals surface area contributed by atoms with Crippen LogP contribution in [0.2, 0.25) is 0 Å². The fourth-order valence-corrected chi connectivity index (χ4v) is 4.87. The summed E-state index contributed by atoms with van der Waals surface area (Å²) < 4.78 is 16.9. The number of hydrogen-bond donors (Lipinski definition) is 2. The summed E-state index contributed by atoms with van der Waals surface area (Å²) in [7, 11) is 3.18. The summed E-state index contributed by atoms with van der Waals surface area (Å²) in [5.74, 6) is 2.27. The molecule has 8 nitrogen and oxygen atoms in total. The van der Waals surface area contributed by atoms with Crippen LogP contribution in [0, 0.1) is 0 Å². The Morgan fingerprint density at radius 2 is 1.66 bits per heavy atom. The van der Waals surface area contributed by atoms with Crippen LogP contribution in [0.15, 0.2) is 73.1 Å². The van der Waals surface area contributed by atoms with Crippen molar-refractivity contribution in [1.82, 2.24) is 20.2 Å². The minimum atomic E-state index is 0.367. The van der Waals surface area contributed by atoms with Gasteiger partial charge in [-0.3, -0.25) is 4.90 Å². The van der Waals surface area contributed by atoms with E-state index in [2.05, 4.69) is 55.8 Å². The number of thiocarbonyl (C=S) groups is 1. The maximum Gasteiger partial charge on any atom is 0.230 e. The quantitative estimate of drug-likeness (QED) is 0.292. The summed E-state index contributed by atoms with van der Waals surface area (Å²) in [6.45, 7) is 3.10. The van der Waals surface area contributed by atoms with Crippen molar-refractivity contribution in [2.24, 2.45) is 0 Å². The number of hydrogen-bond acceptors (Lipinski definition) is 7. The van der Waals surface area contributed by atoms with Gasteiger partial charge in [0.2, 0.25) is 5.88 Å². The zero-order valence-corrected chi connectivity index (χ0v) is 22.3. The molecule has 0 spiro atoms. The van der Waals surface area contributed by atoms with Crippen molar-refractivity contribution in [3.63, 3.8) is 0 Å². The van der Waals surface area contributed by atoms with Gasteiger partial charge in [-0.05, 0) is 61.0 Å². The monoisotopic (exact) mass is 529 g/mol. The first-order chi connectivity index (χ1) is 18.6. The van der Waals surface area contributed by atoms with Crippen LogP contribution in [-0.2, 0) is 6.54 Å². The first kappa shape index (κ1) is 25.7. The molecule has 2 heterocycles. The SMILES string of the molecule is COc1cc2ncnc(Oc3ccc(NC(=S)NC4CCN(Cc5ccccc5)CC4)cc3)c2cc1OC. The van der Waals surface area contributed by atoms with Crippen LogP contribution in [-0.4, -0.2) is 53.3 Å². The van der Waals surface area contributed by atoms with Crippen LogP contribution in [0.1, 0.15) is 18.4 Å². The van der Waals surface area contributed by atoms with Crippen LogP contribution in [0.4, 0.5) is 5.69 Å². The maximum atomic E-state index is 6.07.